The van der Waals surface area contributed by atoms with E-state index in [2.05, 4.69) is 30.4 Å². The summed E-state index contributed by atoms with van der Waals surface area (Å²) in [6.45, 7) is 2.03. The van der Waals surface area contributed by atoms with Gasteiger partial charge in [0.25, 0.3) is 0 Å². The number of carbonyl (C=O) groups excluding carboxylic acids is 1. The summed E-state index contributed by atoms with van der Waals surface area (Å²) in [5.74, 6) is 1.16. The minimum Gasteiger partial charge on any atom is -0.298 e. The van der Waals surface area contributed by atoms with Crippen molar-refractivity contribution < 1.29 is 31.0 Å². The number of carbonyl (C=O) groups is 1. The maximum absolute atomic E-state index is 11.9. The average molecular weight is 412 g/mol. The molecule has 4 rings (SSSR count). The topological polar surface area (TPSA) is 17.1 Å². The maximum Gasteiger partial charge on any atom is 0.146 e. The maximum atomic E-state index is 11.9. The fourth-order valence-corrected chi connectivity index (χ4v) is 5.37. The first kappa shape index (κ1) is 19.0. The molecule has 0 aromatic heterocycles. The van der Waals surface area contributed by atoms with Gasteiger partial charge in [-0.15, -0.1) is 0 Å². The molecular weight excluding hydrogens is 383 g/mol. The fourth-order valence-electron chi connectivity index (χ4n) is 5.37. The Labute approximate surface area is 171 Å². The van der Waals surface area contributed by atoms with Crippen LogP contribution in [0, 0.1) is 17.8 Å². The van der Waals surface area contributed by atoms with Gasteiger partial charge in [-0.1, -0.05) is 41.5 Å². The number of allylic oxidation sites excluding steroid dienone is 10. The van der Waals surface area contributed by atoms with Crippen molar-refractivity contribution in [2.75, 3.05) is 0 Å². The summed E-state index contributed by atoms with van der Waals surface area (Å²) in [6, 6.07) is 0. The quantitative estimate of drug-likeness (QED) is 0.418. The molecule has 2 unspecified atom stereocenters. The summed E-state index contributed by atoms with van der Waals surface area (Å²) in [5, 5.41) is 0. The monoisotopic (exact) mass is 410 g/mol. The van der Waals surface area contributed by atoms with E-state index in [4.69, 9.17) is 0 Å². The molecule has 2 heteroatoms. The number of hydrogen-bond acceptors (Lipinski definition) is 1. The number of hydrogen-bond donors (Lipinski definition) is 0. The largest absolute Gasteiger partial charge is 0.298 e. The van der Waals surface area contributed by atoms with E-state index < -0.39 is 0 Å². The molecule has 0 radical (unpaired) electrons. The van der Waals surface area contributed by atoms with Crippen LogP contribution in [-0.4, -0.2) is 6.29 Å². The second-order valence-electron chi connectivity index (χ2n) is 7.72. The van der Waals surface area contributed by atoms with Crippen LogP contribution in [-0.2, 0) is 31.0 Å². The third-order valence-electron chi connectivity index (χ3n) is 6.55. The molecule has 0 aromatic rings. The van der Waals surface area contributed by atoms with Crippen LogP contribution >= 0.6 is 0 Å². The van der Waals surface area contributed by atoms with Crippen LogP contribution in [0.5, 0.6) is 0 Å². The minimum absolute atomic E-state index is 0. The molecule has 4 aliphatic rings. The summed E-state index contributed by atoms with van der Waals surface area (Å²) in [5.41, 5.74) is 7.39. The van der Waals surface area contributed by atoms with Gasteiger partial charge in [0.05, 0.1) is 0 Å². The SMILES string of the molecule is CC=C(C=O)C(C1C=CC2=C1CCCC2)C1C=CC2=C1CCCC2.[Zr]. The van der Waals surface area contributed by atoms with Gasteiger partial charge < -0.3 is 0 Å². The summed E-state index contributed by atoms with van der Waals surface area (Å²) in [4.78, 5) is 11.9. The molecule has 0 spiro atoms. The molecule has 0 heterocycles. The molecule has 0 fully saturated rings. The van der Waals surface area contributed by atoms with Crippen molar-refractivity contribution in [3.63, 3.8) is 0 Å². The Bertz CT molecular complexity index is 641. The standard InChI is InChI=1S/C23H28O.Zr/c1-2-16(15-24)23(21-13-11-17-7-3-5-9-19(17)21)22-14-12-18-8-4-6-10-20(18)22;/h2,11-15,21-23H,3-10H2,1H3;. The summed E-state index contributed by atoms with van der Waals surface area (Å²) in [6.07, 6.45) is 22.9. The van der Waals surface area contributed by atoms with Crippen molar-refractivity contribution in [1.82, 2.24) is 0 Å². The summed E-state index contributed by atoms with van der Waals surface area (Å²) in [7, 11) is 0. The van der Waals surface area contributed by atoms with E-state index in [1.54, 1.807) is 22.3 Å². The van der Waals surface area contributed by atoms with Crippen LogP contribution in [0.2, 0.25) is 0 Å². The van der Waals surface area contributed by atoms with E-state index in [9.17, 15) is 4.79 Å². The van der Waals surface area contributed by atoms with E-state index in [1.807, 2.05) is 6.92 Å². The molecule has 0 aliphatic heterocycles. The molecule has 4 aliphatic carbocycles. The molecule has 25 heavy (non-hydrogen) atoms. The molecule has 1 nitrogen and oxygen atoms in total. The van der Waals surface area contributed by atoms with E-state index in [-0.39, 0.29) is 26.2 Å². The number of aldehydes is 1. The Kier molecular flexibility index (Phi) is 6.31. The van der Waals surface area contributed by atoms with Gasteiger partial charge in [-0.25, -0.2) is 0 Å². The van der Waals surface area contributed by atoms with Crippen LogP contribution < -0.4 is 0 Å². The fraction of sp³-hybridized carbons (Fsp3) is 0.522. The molecule has 0 bridgehead atoms. The molecule has 0 amide bonds. The van der Waals surface area contributed by atoms with Crippen LogP contribution in [0.1, 0.15) is 58.3 Å². The van der Waals surface area contributed by atoms with Gasteiger partial charge in [0.1, 0.15) is 6.29 Å². The Morgan fingerprint density at radius 3 is 1.84 bits per heavy atom. The Morgan fingerprint density at radius 1 is 0.920 bits per heavy atom. The first-order chi connectivity index (χ1) is 11.8. The van der Waals surface area contributed by atoms with E-state index in [0.717, 1.165) is 11.9 Å². The second kappa shape index (κ2) is 8.30. The van der Waals surface area contributed by atoms with Gasteiger partial charge >= 0.3 is 0 Å². The van der Waals surface area contributed by atoms with Crippen LogP contribution in [0.25, 0.3) is 0 Å². The van der Waals surface area contributed by atoms with Gasteiger partial charge in [-0.05, 0) is 75.0 Å². The third-order valence-corrected chi connectivity index (χ3v) is 6.55. The van der Waals surface area contributed by atoms with Crippen molar-refractivity contribution in [1.29, 1.82) is 0 Å². The van der Waals surface area contributed by atoms with Crippen molar-refractivity contribution in [2.45, 2.75) is 58.3 Å². The zero-order valence-corrected chi connectivity index (χ0v) is 17.7. The van der Waals surface area contributed by atoms with Crippen molar-refractivity contribution in [3.8, 4) is 0 Å². The second-order valence-corrected chi connectivity index (χ2v) is 7.72. The van der Waals surface area contributed by atoms with Gasteiger partial charge in [0.2, 0.25) is 0 Å². The summed E-state index contributed by atoms with van der Waals surface area (Å²) >= 11 is 0. The molecular formula is C23H28OZr. The predicted octanol–water partition coefficient (Wildman–Crippen LogP) is 5.86. The first-order valence-corrected chi connectivity index (χ1v) is 9.75. The Morgan fingerprint density at radius 2 is 1.40 bits per heavy atom. The van der Waals surface area contributed by atoms with Crippen molar-refractivity contribution >= 4 is 6.29 Å². The Hall–Kier alpha value is -0.747. The normalized spacial score (nSPS) is 29.4. The average Bonchev–Trinajstić information content (AvgIpc) is 3.24. The molecule has 2 atom stereocenters. The Balaban J connectivity index is 0.00000182. The van der Waals surface area contributed by atoms with Crippen molar-refractivity contribution in [2.24, 2.45) is 17.8 Å². The third kappa shape index (κ3) is 3.44. The first-order valence-electron chi connectivity index (χ1n) is 9.75. The predicted molar refractivity (Wildman–Crippen MR) is 99.6 cm³/mol. The van der Waals surface area contributed by atoms with Gasteiger partial charge in [0, 0.05) is 44.0 Å². The zero-order chi connectivity index (χ0) is 16.5. The van der Waals surface area contributed by atoms with Crippen LogP contribution in [0.3, 0.4) is 0 Å². The molecule has 0 saturated carbocycles. The zero-order valence-electron chi connectivity index (χ0n) is 15.3. The van der Waals surface area contributed by atoms with Crippen LogP contribution in [0.4, 0.5) is 0 Å². The van der Waals surface area contributed by atoms with Gasteiger partial charge in [0.15, 0.2) is 0 Å². The van der Waals surface area contributed by atoms with Crippen molar-refractivity contribution in [3.05, 3.63) is 58.2 Å². The van der Waals surface area contributed by atoms with E-state index in [0.29, 0.717) is 17.8 Å². The molecule has 0 aromatic carbocycles. The minimum atomic E-state index is 0. The molecule has 130 valence electrons. The smallest absolute Gasteiger partial charge is 0.146 e. The van der Waals surface area contributed by atoms with Gasteiger partial charge in [-0.2, -0.15) is 0 Å². The molecule has 0 N–H and O–H groups in total. The van der Waals surface area contributed by atoms with E-state index in [1.165, 1.54) is 51.4 Å². The van der Waals surface area contributed by atoms with Gasteiger partial charge in [-0.3, -0.25) is 4.79 Å². The van der Waals surface area contributed by atoms with Crippen LogP contribution in [0.15, 0.2) is 58.2 Å². The molecule has 0 saturated heterocycles. The van der Waals surface area contributed by atoms with E-state index >= 15 is 0 Å². The summed E-state index contributed by atoms with van der Waals surface area (Å²) < 4.78 is 0. The number of rotatable bonds is 4.